The average Bonchev–Trinajstić information content (AvgIpc) is 2.86. The minimum Gasteiger partial charge on any atom is -1.00 e. The number of hydrogen-bond acceptors (Lipinski definition) is 0. The Labute approximate surface area is 227 Å². The van der Waals surface area contributed by atoms with E-state index < -0.39 is 0 Å². The van der Waals surface area contributed by atoms with Crippen molar-refractivity contribution in [2.75, 3.05) is 26.2 Å². The normalized spacial score (nSPS) is 11.7. The van der Waals surface area contributed by atoms with E-state index in [1.807, 2.05) is 0 Å². The minimum atomic E-state index is 0. The highest BCUT2D eigenvalue weighted by Crippen LogP contribution is 2.19. The molecule has 1 aromatic carbocycles. The second-order valence-corrected chi connectivity index (χ2v) is 10.8. The lowest BCUT2D eigenvalue weighted by atomic mass is 10.1. The third-order valence-electron chi connectivity index (χ3n) is 7.56. The predicted octanol–water partition coefficient (Wildman–Crippen LogP) is 7.60. The molecule has 0 fully saturated rings. The Kier molecular flexibility index (Phi) is 24.3. The molecule has 0 saturated heterocycles. The lowest BCUT2D eigenvalue weighted by Gasteiger charge is -2.39. The molecule has 0 amide bonds. The van der Waals surface area contributed by atoms with Gasteiger partial charge in [0, 0.05) is 0 Å². The van der Waals surface area contributed by atoms with Gasteiger partial charge in [-0.2, -0.15) is 0 Å². The summed E-state index contributed by atoms with van der Waals surface area (Å²) in [5.41, 5.74) is 1.35. The molecule has 2 heteroatoms. The molecule has 0 heterocycles. The SMILES string of the molecule is CCCCCCCC[N+](CC=Cc1ccccc1)(CCCCCCCC)CCCCCCCC.[Cl-]. The fourth-order valence-electron chi connectivity index (χ4n) is 5.27. The minimum absolute atomic E-state index is 0. The first-order valence-electron chi connectivity index (χ1n) is 15.3. The van der Waals surface area contributed by atoms with Crippen molar-refractivity contribution in [2.24, 2.45) is 0 Å². The first-order chi connectivity index (χ1) is 16.8. The number of hydrogen-bond donors (Lipinski definition) is 0. The van der Waals surface area contributed by atoms with Crippen molar-refractivity contribution in [2.45, 2.75) is 136 Å². The fourth-order valence-corrected chi connectivity index (χ4v) is 5.27. The molecule has 0 aliphatic carbocycles. The standard InChI is InChI=1S/C33H60N.ClH/c1-4-7-10-13-16-22-29-34(30-23-17-14-11-8-5-2,31-24-18-15-12-9-6-3)32-25-28-33-26-20-19-21-27-33;/h19-21,25-28H,4-18,22-24,29-32H2,1-3H3;1H/q+1;/p-1. The van der Waals surface area contributed by atoms with Gasteiger partial charge in [0.25, 0.3) is 0 Å². The van der Waals surface area contributed by atoms with E-state index in [9.17, 15) is 0 Å². The fraction of sp³-hybridized carbons (Fsp3) is 0.758. The molecule has 204 valence electrons. The molecule has 0 radical (unpaired) electrons. The van der Waals surface area contributed by atoms with Gasteiger partial charge in [0.05, 0.1) is 26.2 Å². The van der Waals surface area contributed by atoms with Gasteiger partial charge in [-0.15, -0.1) is 0 Å². The number of quaternary nitrogens is 1. The van der Waals surface area contributed by atoms with Gasteiger partial charge in [-0.1, -0.05) is 134 Å². The van der Waals surface area contributed by atoms with Crippen LogP contribution >= 0.6 is 0 Å². The molecule has 0 unspecified atom stereocenters. The number of halogens is 1. The summed E-state index contributed by atoms with van der Waals surface area (Å²) in [5.74, 6) is 0. The van der Waals surface area contributed by atoms with E-state index in [0.717, 1.165) is 0 Å². The molecule has 0 spiro atoms. The summed E-state index contributed by atoms with van der Waals surface area (Å²) in [6, 6.07) is 10.9. The first kappa shape index (κ1) is 34.2. The van der Waals surface area contributed by atoms with Crippen molar-refractivity contribution in [3.05, 3.63) is 42.0 Å². The largest absolute Gasteiger partial charge is 1.00 e. The molecule has 0 aliphatic heterocycles. The number of unbranched alkanes of at least 4 members (excludes halogenated alkanes) is 15. The lowest BCUT2D eigenvalue weighted by molar-refractivity contribution is -0.923. The molecule has 0 bridgehead atoms. The molecule has 0 saturated carbocycles. The van der Waals surface area contributed by atoms with E-state index in [0.29, 0.717) is 0 Å². The van der Waals surface area contributed by atoms with Crippen LogP contribution < -0.4 is 12.4 Å². The van der Waals surface area contributed by atoms with Crippen LogP contribution in [0.1, 0.15) is 142 Å². The van der Waals surface area contributed by atoms with E-state index >= 15 is 0 Å². The maximum atomic E-state index is 2.50. The van der Waals surface area contributed by atoms with Gasteiger partial charge in [0.15, 0.2) is 0 Å². The Morgan fingerprint density at radius 2 is 0.886 bits per heavy atom. The van der Waals surface area contributed by atoms with Gasteiger partial charge >= 0.3 is 0 Å². The van der Waals surface area contributed by atoms with Crippen molar-refractivity contribution in [3.63, 3.8) is 0 Å². The first-order valence-corrected chi connectivity index (χ1v) is 15.3. The Hall–Kier alpha value is -0.790. The van der Waals surface area contributed by atoms with E-state index in [4.69, 9.17) is 0 Å². The summed E-state index contributed by atoms with van der Waals surface area (Å²) in [4.78, 5) is 0. The van der Waals surface area contributed by atoms with Crippen molar-refractivity contribution in [1.82, 2.24) is 0 Å². The molecule has 1 aromatic rings. The van der Waals surface area contributed by atoms with Gasteiger partial charge in [-0.25, -0.2) is 0 Å². The van der Waals surface area contributed by atoms with Crippen LogP contribution in [0.25, 0.3) is 6.08 Å². The van der Waals surface area contributed by atoms with Crippen LogP contribution in [0.2, 0.25) is 0 Å². The lowest BCUT2D eigenvalue weighted by Crippen LogP contribution is -3.00. The monoisotopic (exact) mass is 505 g/mol. The maximum Gasteiger partial charge on any atom is 0.0977 e. The summed E-state index contributed by atoms with van der Waals surface area (Å²) >= 11 is 0. The zero-order valence-corrected chi connectivity index (χ0v) is 24.7. The quantitative estimate of drug-likeness (QED) is 0.100. The van der Waals surface area contributed by atoms with Gasteiger partial charge in [0.2, 0.25) is 0 Å². The molecule has 0 aromatic heterocycles. The molecule has 0 atom stereocenters. The molecule has 1 rings (SSSR count). The maximum absolute atomic E-state index is 2.50. The van der Waals surface area contributed by atoms with Crippen LogP contribution in [0.15, 0.2) is 36.4 Å². The van der Waals surface area contributed by atoms with Crippen molar-refractivity contribution >= 4 is 6.08 Å². The van der Waals surface area contributed by atoms with Crippen molar-refractivity contribution < 1.29 is 16.9 Å². The summed E-state index contributed by atoms with van der Waals surface area (Å²) in [6.07, 6.45) is 30.2. The van der Waals surface area contributed by atoms with Crippen LogP contribution in [-0.2, 0) is 0 Å². The van der Waals surface area contributed by atoms with E-state index in [-0.39, 0.29) is 12.4 Å². The topological polar surface area (TPSA) is 0 Å². The average molecular weight is 506 g/mol. The molecule has 35 heavy (non-hydrogen) atoms. The summed E-state index contributed by atoms with van der Waals surface area (Å²) in [5, 5.41) is 0. The molecule has 1 nitrogen and oxygen atoms in total. The van der Waals surface area contributed by atoms with Crippen molar-refractivity contribution in [3.8, 4) is 0 Å². The van der Waals surface area contributed by atoms with Crippen LogP contribution in [0.5, 0.6) is 0 Å². The second kappa shape index (κ2) is 24.9. The van der Waals surface area contributed by atoms with Crippen LogP contribution in [0, 0.1) is 0 Å². The van der Waals surface area contributed by atoms with Gasteiger partial charge in [-0.3, -0.25) is 0 Å². The smallest absolute Gasteiger partial charge is 0.0977 e. The summed E-state index contributed by atoms with van der Waals surface area (Å²) in [7, 11) is 0. The Balaban J connectivity index is 0.0000116. The highest BCUT2D eigenvalue weighted by atomic mass is 35.5. The summed E-state index contributed by atoms with van der Waals surface area (Å²) < 4.78 is 1.33. The number of rotatable bonds is 24. The second-order valence-electron chi connectivity index (χ2n) is 10.8. The highest BCUT2D eigenvalue weighted by Gasteiger charge is 2.24. The van der Waals surface area contributed by atoms with E-state index in [2.05, 4.69) is 63.3 Å². The Bertz CT molecular complexity index is 527. The third kappa shape index (κ3) is 19.0. The van der Waals surface area contributed by atoms with Gasteiger partial charge in [0.1, 0.15) is 0 Å². The predicted molar refractivity (Wildman–Crippen MR) is 155 cm³/mol. The molecule has 0 N–H and O–H groups in total. The van der Waals surface area contributed by atoms with Crippen LogP contribution in [0.3, 0.4) is 0 Å². The third-order valence-corrected chi connectivity index (χ3v) is 7.56. The molecular weight excluding hydrogens is 446 g/mol. The summed E-state index contributed by atoms with van der Waals surface area (Å²) in [6.45, 7) is 12.3. The van der Waals surface area contributed by atoms with Crippen LogP contribution in [-0.4, -0.2) is 30.7 Å². The van der Waals surface area contributed by atoms with Gasteiger partial charge in [-0.05, 0) is 50.2 Å². The van der Waals surface area contributed by atoms with Crippen LogP contribution in [0.4, 0.5) is 0 Å². The highest BCUT2D eigenvalue weighted by molar-refractivity contribution is 5.48. The van der Waals surface area contributed by atoms with E-state index in [1.54, 1.807) is 0 Å². The van der Waals surface area contributed by atoms with Gasteiger partial charge < -0.3 is 16.9 Å². The Morgan fingerprint density at radius 3 is 1.29 bits per heavy atom. The number of benzene rings is 1. The van der Waals surface area contributed by atoms with Crippen molar-refractivity contribution in [1.29, 1.82) is 0 Å². The molecular formula is C33H60ClN. The zero-order valence-electron chi connectivity index (χ0n) is 23.9. The Morgan fingerprint density at radius 1 is 0.514 bits per heavy atom. The zero-order chi connectivity index (χ0) is 24.6. The molecule has 0 aliphatic rings. The number of nitrogens with zero attached hydrogens (tertiary/aromatic N) is 1. The van der Waals surface area contributed by atoms with E-state index in [1.165, 1.54) is 152 Å².